The van der Waals surface area contributed by atoms with E-state index >= 15 is 0 Å². The maximum atomic E-state index is 10.1. The van der Waals surface area contributed by atoms with E-state index < -0.39 is 12.2 Å². The lowest BCUT2D eigenvalue weighted by Gasteiger charge is -2.16. The fraction of sp³-hybridized carbons (Fsp3) is 0.185. The van der Waals surface area contributed by atoms with Crippen LogP contribution in [0.4, 0.5) is 5.82 Å². The topological polar surface area (TPSA) is 138 Å². The minimum atomic E-state index is -0.690. The number of benzene rings is 2. The lowest BCUT2D eigenvalue weighted by molar-refractivity contribution is 0.0733. The van der Waals surface area contributed by atoms with E-state index in [-0.39, 0.29) is 23.6 Å². The second-order valence-corrected chi connectivity index (χ2v) is 10.6. The van der Waals surface area contributed by atoms with Gasteiger partial charge in [-0.2, -0.15) is 10.5 Å². The van der Waals surface area contributed by atoms with Crippen LogP contribution in [0.5, 0.6) is 5.75 Å². The van der Waals surface area contributed by atoms with Crippen LogP contribution in [0.25, 0.3) is 21.7 Å². The van der Waals surface area contributed by atoms with Crippen molar-refractivity contribution in [1.29, 1.82) is 10.5 Å². The highest BCUT2D eigenvalue weighted by Crippen LogP contribution is 2.38. The van der Waals surface area contributed by atoms with Gasteiger partial charge in [0.2, 0.25) is 0 Å². The molecule has 1 saturated heterocycles. The first-order valence-corrected chi connectivity index (χ1v) is 13.7. The van der Waals surface area contributed by atoms with Gasteiger partial charge in [0.05, 0.1) is 24.5 Å². The molecule has 38 heavy (non-hydrogen) atoms. The molecule has 0 saturated carbocycles. The number of nitrogen functional groups attached to an aromatic ring is 1. The van der Waals surface area contributed by atoms with Gasteiger partial charge in [-0.15, -0.1) is 11.3 Å². The number of aromatic nitrogens is 2. The molecule has 0 radical (unpaired) electrons. The summed E-state index contributed by atoms with van der Waals surface area (Å²) in [5.74, 6) is 1.06. The highest BCUT2D eigenvalue weighted by molar-refractivity contribution is 7.98. The minimum Gasteiger partial charge on any atom is -0.485 e. The highest BCUT2D eigenvalue weighted by Gasteiger charge is 2.28. The molecular formula is C27H20ClN5O3S2. The lowest BCUT2D eigenvalue weighted by atomic mass is 9.97. The summed E-state index contributed by atoms with van der Waals surface area (Å²) in [7, 11) is 0. The maximum Gasteiger partial charge on any atom is 0.150 e. The van der Waals surface area contributed by atoms with Crippen LogP contribution in [0.15, 0.2) is 58.9 Å². The third-order valence-electron chi connectivity index (χ3n) is 5.85. The molecule has 11 heteroatoms. The fourth-order valence-electron chi connectivity index (χ4n) is 3.94. The molecule has 8 nitrogen and oxygen atoms in total. The molecule has 1 aliphatic heterocycles. The number of rotatable bonds is 7. The largest absolute Gasteiger partial charge is 0.485 e. The first kappa shape index (κ1) is 26.0. The van der Waals surface area contributed by atoms with Gasteiger partial charge in [-0.1, -0.05) is 47.6 Å². The number of nitriles is 2. The van der Waals surface area contributed by atoms with Crippen molar-refractivity contribution in [2.24, 2.45) is 0 Å². The number of aliphatic hydroxyl groups excluding tert-OH is 1. The van der Waals surface area contributed by atoms with E-state index in [0.29, 0.717) is 39.3 Å². The van der Waals surface area contributed by atoms with Gasteiger partial charge >= 0.3 is 0 Å². The smallest absolute Gasteiger partial charge is 0.150 e. The molecule has 2 aromatic carbocycles. The summed E-state index contributed by atoms with van der Waals surface area (Å²) in [5.41, 5.74) is 9.41. The van der Waals surface area contributed by atoms with E-state index in [1.54, 1.807) is 24.3 Å². The Bertz CT molecular complexity index is 1550. The molecular weight excluding hydrogens is 542 g/mol. The molecule has 4 aromatic rings. The van der Waals surface area contributed by atoms with Crippen molar-refractivity contribution >= 4 is 40.5 Å². The number of ether oxygens (including phenoxy) is 2. The van der Waals surface area contributed by atoms with Crippen LogP contribution in [0.1, 0.15) is 16.8 Å². The van der Waals surface area contributed by atoms with Crippen LogP contribution in [0, 0.1) is 22.7 Å². The third-order valence-corrected chi connectivity index (χ3v) is 8.05. The number of thiazole rings is 1. The van der Waals surface area contributed by atoms with Gasteiger partial charge in [0, 0.05) is 27.3 Å². The Balaban J connectivity index is 1.40. The molecule has 0 aliphatic carbocycles. The van der Waals surface area contributed by atoms with E-state index in [2.05, 4.69) is 17.1 Å². The third kappa shape index (κ3) is 5.46. The molecule has 2 aromatic heterocycles. The zero-order valence-electron chi connectivity index (χ0n) is 19.8. The van der Waals surface area contributed by atoms with Gasteiger partial charge in [0.1, 0.15) is 51.5 Å². The number of hydrogen-bond acceptors (Lipinski definition) is 10. The monoisotopic (exact) mass is 561 g/mol. The van der Waals surface area contributed by atoms with Crippen LogP contribution in [-0.2, 0) is 10.5 Å². The number of pyridine rings is 1. The number of nitrogens with two attached hydrogens (primary N) is 1. The summed E-state index contributed by atoms with van der Waals surface area (Å²) in [6, 6.07) is 18.7. The Hall–Kier alpha value is -3.64. The molecule has 2 unspecified atom stereocenters. The Kier molecular flexibility index (Phi) is 7.79. The van der Waals surface area contributed by atoms with Crippen LogP contribution < -0.4 is 10.5 Å². The molecule has 0 bridgehead atoms. The fourth-order valence-corrected chi connectivity index (χ4v) is 5.89. The van der Waals surface area contributed by atoms with Gasteiger partial charge in [-0.05, 0) is 29.8 Å². The summed E-state index contributed by atoms with van der Waals surface area (Å²) in [4.78, 5) is 9.07. The lowest BCUT2D eigenvalue weighted by Crippen LogP contribution is -2.29. The molecule has 0 spiro atoms. The first-order chi connectivity index (χ1) is 18.5. The standard InChI is InChI=1S/C27H20ClN5O3S2/c28-17-5-1-16(2-6-17)26-32-18(13-37-26)14-38-27-21(10-30)24(20(9-29)25(31)33-27)15-3-7-19(8-4-15)36-23-12-35-11-22(23)34/h1-8,13,22-23,34H,11-12,14H2,(H2,31,33). The Morgan fingerprint density at radius 1 is 1.05 bits per heavy atom. The quantitative estimate of drug-likeness (QED) is 0.288. The zero-order chi connectivity index (χ0) is 26.6. The normalized spacial score (nSPS) is 16.6. The van der Waals surface area contributed by atoms with Crippen molar-refractivity contribution < 1.29 is 14.6 Å². The van der Waals surface area contributed by atoms with E-state index in [4.69, 9.17) is 31.8 Å². The van der Waals surface area contributed by atoms with Gasteiger partial charge in [0.15, 0.2) is 0 Å². The van der Waals surface area contributed by atoms with Gasteiger partial charge in [-0.25, -0.2) is 9.97 Å². The van der Waals surface area contributed by atoms with Crippen LogP contribution in [-0.4, -0.2) is 40.5 Å². The van der Waals surface area contributed by atoms with E-state index in [1.165, 1.54) is 23.1 Å². The second kappa shape index (κ2) is 11.4. The van der Waals surface area contributed by atoms with E-state index in [0.717, 1.165) is 16.3 Å². The predicted octanol–water partition coefficient (Wildman–Crippen LogP) is 5.28. The SMILES string of the molecule is N#Cc1c(N)nc(SCc2csc(-c3ccc(Cl)cc3)n2)c(C#N)c1-c1ccc(OC2COCC2O)cc1. The highest BCUT2D eigenvalue weighted by atomic mass is 35.5. The zero-order valence-corrected chi connectivity index (χ0v) is 22.2. The molecule has 1 aliphatic rings. The number of aliphatic hydroxyl groups is 1. The van der Waals surface area contributed by atoms with Crippen LogP contribution in [0.3, 0.4) is 0 Å². The van der Waals surface area contributed by atoms with Crippen molar-refractivity contribution in [3.8, 4) is 39.6 Å². The maximum absolute atomic E-state index is 10.1. The van der Waals surface area contributed by atoms with Crippen molar-refractivity contribution in [1.82, 2.24) is 9.97 Å². The van der Waals surface area contributed by atoms with Gasteiger partial charge in [-0.3, -0.25) is 0 Å². The number of anilines is 1. The van der Waals surface area contributed by atoms with E-state index in [9.17, 15) is 15.6 Å². The summed E-state index contributed by atoms with van der Waals surface area (Å²) < 4.78 is 11.0. The minimum absolute atomic E-state index is 0.0516. The van der Waals surface area contributed by atoms with Crippen LogP contribution >= 0.6 is 34.7 Å². The van der Waals surface area contributed by atoms with E-state index in [1.807, 2.05) is 29.6 Å². The van der Waals surface area contributed by atoms with Crippen molar-refractivity contribution in [2.75, 3.05) is 18.9 Å². The summed E-state index contributed by atoms with van der Waals surface area (Å²) in [5, 5.41) is 33.7. The molecule has 5 rings (SSSR count). The summed E-state index contributed by atoms with van der Waals surface area (Å²) >= 11 is 8.84. The Morgan fingerprint density at radius 2 is 1.76 bits per heavy atom. The Morgan fingerprint density at radius 3 is 2.42 bits per heavy atom. The summed E-state index contributed by atoms with van der Waals surface area (Å²) in [6.07, 6.45) is -1.14. The average molecular weight is 562 g/mol. The molecule has 0 amide bonds. The second-order valence-electron chi connectivity index (χ2n) is 8.38. The number of thioether (sulfide) groups is 1. The van der Waals surface area contributed by atoms with Crippen molar-refractivity contribution in [3.05, 3.63) is 75.8 Å². The van der Waals surface area contributed by atoms with Crippen LogP contribution in [0.2, 0.25) is 5.02 Å². The molecule has 190 valence electrons. The number of halogens is 1. The predicted molar refractivity (Wildman–Crippen MR) is 147 cm³/mol. The number of hydrogen-bond donors (Lipinski definition) is 2. The molecule has 2 atom stereocenters. The number of nitrogens with zero attached hydrogens (tertiary/aromatic N) is 4. The van der Waals surface area contributed by atoms with Crippen molar-refractivity contribution in [2.45, 2.75) is 23.0 Å². The molecule has 1 fully saturated rings. The van der Waals surface area contributed by atoms with Crippen molar-refractivity contribution in [3.63, 3.8) is 0 Å². The van der Waals surface area contributed by atoms with Gasteiger partial charge < -0.3 is 20.3 Å². The Labute approximate surface area is 232 Å². The molecule has 3 N–H and O–H groups in total. The molecule has 3 heterocycles. The first-order valence-electron chi connectivity index (χ1n) is 11.5. The average Bonchev–Trinajstić information content (AvgIpc) is 3.57. The summed E-state index contributed by atoms with van der Waals surface area (Å²) in [6.45, 7) is 0.543. The van der Waals surface area contributed by atoms with Gasteiger partial charge in [0.25, 0.3) is 0 Å².